The van der Waals surface area contributed by atoms with E-state index in [0.717, 1.165) is 16.3 Å². The molecule has 0 bridgehead atoms. The molecule has 1 aromatic rings. The molecule has 1 aromatic carbocycles. The molecule has 76 valence electrons. The normalized spacial score (nSPS) is 10.1. The summed E-state index contributed by atoms with van der Waals surface area (Å²) in [5.74, 6) is -0.0263. The van der Waals surface area contributed by atoms with Crippen molar-refractivity contribution < 1.29 is 4.79 Å². The van der Waals surface area contributed by atoms with Crippen LogP contribution in [0.2, 0.25) is 0 Å². The molecule has 0 saturated carbocycles. The van der Waals surface area contributed by atoms with Crippen molar-refractivity contribution >= 4 is 96.3 Å². The zero-order valence-corrected chi connectivity index (χ0v) is 15.6. The number of halogens is 4. The van der Waals surface area contributed by atoms with E-state index in [2.05, 4.69) is 95.7 Å². The monoisotopic (exact) mass is 639 g/mol. The average molecular weight is 639 g/mol. The molecule has 0 aliphatic carbocycles. The number of carbonyl (C=O) groups excluding carboxylic acids is 1. The number of nitrogens with one attached hydrogen (secondary N) is 1. The summed E-state index contributed by atoms with van der Waals surface area (Å²) in [6.07, 6.45) is 0. The molecule has 0 aromatic heterocycles. The second kappa shape index (κ2) is 5.80. The van der Waals surface area contributed by atoms with E-state index in [0.29, 0.717) is 0 Å². The minimum absolute atomic E-state index is 0.0263. The van der Waals surface area contributed by atoms with Crippen LogP contribution in [-0.4, -0.2) is 13.0 Å². The Morgan fingerprint density at radius 1 is 1.14 bits per heavy atom. The summed E-state index contributed by atoms with van der Waals surface area (Å²) < 4.78 is 4.49. The molecule has 1 amide bonds. The number of hydrogen-bond acceptors (Lipinski definition) is 1. The van der Waals surface area contributed by atoms with Gasteiger partial charge in [0.2, 0.25) is 0 Å². The van der Waals surface area contributed by atoms with Gasteiger partial charge < -0.3 is 5.32 Å². The fourth-order valence-electron chi connectivity index (χ4n) is 0.873. The second-order valence-electron chi connectivity index (χ2n) is 2.43. The lowest BCUT2D eigenvalue weighted by molar-refractivity contribution is 0.0962. The first-order valence-electron chi connectivity index (χ1n) is 3.54. The lowest BCUT2D eigenvalue weighted by atomic mass is 10.2. The van der Waals surface area contributed by atoms with Crippen LogP contribution in [0, 0.1) is 14.3 Å². The van der Waals surface area contributed by atoms with Gasteiger partial charge >= 0.3 is 0 Å². The Kier molecular flexibility index (Phi) is 5.66. The zero-order valence-electron chi connectivity index (χ0n) is 7.00. The Morgan fingerprint density at radius 2 is 1.71 bits per heavy atom. The molecular formula is C8H5I4NO. The van der Waals surface area contributed by atoms with Crippen LogP contribution >= 0.6 is 90.4 Å². The fourth-order valence-corrected chi connectivity index (χ4v) is 4.16. The summed E-state index contributed by atoms with van der Waals surface area (Å²) in [4.78, 5) is 11.5. The molecule has 1 N–H and O–H groups in total. The molecule has 0 radical (unpaired) electrons. The van der Waals surface area contributed by atoms with Crippen LogP contribution in [0.1, 0.15) is 10.4 Å². The van der Waals surface area contributed by atoms with Gasteiger partial charge in [-0.1, -0.05) is 0 Å². The number of carbonyl (C=O) groups is 1. The number of amides is 1. The van der Waals surface area contributed by atoms with E-state index in [9.17, 15) is 4.79 Å². The number of benzene rings is 1. The Bertz CT molecular complexity index is 391. The molecule has 0 atom stereocenters. The number of rotatable bonds is 1. The van der Waals surface area contributed by atoms with E-state index in [4.69, 9.17) is 0 Å². The van der Waals surface area contributed by atoms with Crippen molar-refractivity contribution in [1.29, 1.82) is 0 Å². The van der Waals surface area contributed by atoms with Crippen molar-refractivity contribution in [3.05, 3.63) is 25.9 Å². The van der Waals surface area contributed by atoms with Gasteiger partial charge in [-0.05, 0) is 96.4 Å². The summed E-state index contributed by atoms with van der Waals surface area (Å²) in [6, 6.07) is 1.92. The van der Waals surface area contributed by atoms with E-state index in [1.54, 1.807) is 7.05 Å². The van der Waals surface area contributed by atoms with Gasteiger partial charge in [-0.15, -0.1) is 0 Å². The van der Waals surface area contributed by atoms with Crippen LogP contribution in [0.15, 0.2) is 6.07 Å². The number of hydrogen-bond donors (Lipinski definition) is 1. The summed E-state index contributed by atoms with van der Waals surface area (Å²) in [5.41, 5.74) is 0.752. The first-order valence-corrected chi connectivity index (χ1v) is 7.85. The average Bonchev–Trinajstić information content (AvgIpc) is 2.19. The largest absolute Gasteiger partial charge is 0.355 e. The Labute approximate surface area is 137 Å². The molecule has 14 heavy (non-hydrogen) atoms. The van der Waals surface area contributed by atoms with E-state index in [-0.39, 0.29) is 5.91 Å². The minimum atomic E-state index is -0.0263. The van der Waals surface area contributed by atoms with Crippen LogP contribution in [0.25, 0.3) is 0 Å². The molecule has 2 nitrogen and oxygen atoms in total. The van der Waals surface area contributed by atoms with E-state index < -0.39 is 0 Å². The Hall–Kier alpha value is 1.61. The van der Waals surface area contributed by atoms with E-state index in [1.165, 1.54) is 3.57 Å². The third kappa shape index (κ3) is 2.84. The van der Waals surface area contributed by atoms with Gasteiger partial charge in [0.1, 0.15) is 0 Å². The van der Waals surface area contributed by atoms with Crippen molar-refractivity contribution in [3.8, 4) is 0 Å². The molecule has 0 heterocycles. The highest BCUT2D eigenvalue weighted by atomic mass is 127. The highest BCUT2D eigenvalue weighted by Gasteiger charge is 2.15. The molecule has 0 fully saturated rings. The highest BCUT2D eigenvalue weighted by molar-refractivity contribution is 14.1. The third-order valence-electron chi connectivity index (χ3n) is 1.57. The van der Waals surface area contributed by atoms with Crippen LogP contribution in [0.3, 0.4) is 0 Å². The molecule has 1 rings (SSSR count). The maximum Gasteiger partial charge on any atom is 0.252 e. The van der Waals surface area contributed by atoms with Crippen molar-refractivity contribution in [3.63, 3.8) is 0 Å². The first-order chi connectivity index (χ1) is 6.49. The topological polar surface area (TPSA) is 29.1 Å². The molecule has 0 spiro atoms. The fraction of sp³-hybridized carbons (Fsp3) is 0.125. The van der Waals surface area contributed by atoms with Crippen LogP contribution < -0.4 is 5.32 Å². The van der Waals surface area contributed by atoms with Gasteiger partial charge in [0.05, 0.1) is 5.56 Å². The maximum absolute atomic E-state index is 11.5. The predicted molar refractivity (Wildman–Crippen MR) is 90.7 cm³/mol. The Morgan fingerprint density at radius 3 is 2.21 bits per heavy atom. The first kappa shape index (κ1) is 13.7. The summed E-state index contributed by atoms with van der Waals surface area (Å²) in [6.45, 7) is 0. The minimum Gasteiger partial charge on any atom is -0.355 e. The quantitative estimate of drug-likeness (QED) is 0.285. The van der Waals surface area contributed by atoms with Gasteiger partial charge in [-0.25, -0.2) is 0 Å². The third-order valence-corrected chi connectivity index (χ3v) is 8.84. The molecule has 0 saturated heterocycles. The van der Waals surface area contributed by atoms with Gasteiger partial charge in [-0.3, -0.25) is 4.79 Å². The van der Waals surface area contributed by atoms with Gasteiger partial charge in [-0.2, -0.15) is 0 Å². The standard InChI is InChI=1S/C8H5I4NO/c1-13-8(14)3-2-4(9)6(11)7(12)5(3)10/h2H,1H3,(H,13,14). The lowest BCUT2D eigenvalue weighted by Gasteiger charge is -2.08. The van der Waals surface area contributed by atoms with Gasteiger partial charge in [0.15, 0.2) is 0 Å². The van der Waals surface area contributed by atoms with E-state index >= 15 is 0 Å². The summed E-state index contributed by atoms with van der Waals surface area (Å²) in [5, 5.41) is 2.64. The van der Waals surface area contributed by atoms with Crippen LogP contribution in [0.5, 0.6) is 0 Å². The van der Waals surface area contributed by atoms with Crippen LogP contribution in [0.4, 0.5) is 0 Å². The molecule has 0 aliphatic heterocycles. The summed E-state index contributed by atoms with van der Waals surface area (Å²) in [7, 11) is 1.65. The predicted octanol–water partition coefficient (Wildman–Crippen LogP) is 3.46. The Balaban J connectivity index is 3.40. The van der Waals surface area contributed by atoms with Crippen molar-refractivity contribution in [2.45, 2.75) is 0 Å². The molecular weight excluding hydrogens is 634 g/mol. The van der Waals surface area contributed by atoms with E-state index in [1.807, 2.05) is 6.07 Å². The van der Waals surface area contributed by atoms with Gasteiger partial charge in [0.25, 0.3) is 5.91 Å². The SMILES string of the molecule is CNC(=O)c1cc(I)c(I)c(I)c1I. The maximum atomic E-state index is 11.5. The summed E-state index contributed by atoms with van der Waals surface area (Å²) >= 11 is 9.02. The highest BCUT2D eigenvalue weighted by Crippen LogP contribution is 2.28. The van der Waals surface area contributed by atoms with Crippen molar-refractivity contribution in [2.24, 2.45) is 0 Å². The smallest absolute Gasteiger partial charge is 0.252 e. The lowest BCUT2D eigenvalue weighted by Crippen LogP contribution is -2.20. The van der Waals surface area contributed by atoms with Crippen molar-refractivity contribution in [2.75, 3.05) is 7.05 Å². The van der Waals surface area contributed by atoms with Crippen LogP contribution in [-0.2, 0) is 0 Å². The zero-order chi connectivity index (χ0) is 10.9. The second-order valence-corrected chi connectivity index (χ2v) is 6.83. The van der Waals surface area contributed by atoms with Gasteiger partial charge in [0, 0.05) is 21.3 Å². The van der Waals surface area contributed by atoms with Crippen molar-refractivity contribution in [1.82, 2.24) is 5.32 Å². The molecule has 6 heteroatoms. The molecule has 0 aliphatic rings. The molecule has 0 unspecified atom stereocenters.